The van der Waals surface area contributed by atoms with E-state index in [0.717, 1.165) is 23.5 Å². The summed E-state index contributed by atoms with van der Waals surface area (Å²) in [5.74, 6) is 0.0139. The number of benzene rings is 1. The van der Waals surface area contributed by atoms with Crippen LogP contribution < -0.4 is 0 Å². The summed E-state index contributed by atoms with van der Waals surface area (Å²) in [4.78, 5) is 12.8. The Morgan fingerprint density at radius 1 is 1.29 bits per heavy atom. The third kappa shape index (κ3) is 4.13. The minimum Gasteiger partial charge on any atom is -0.481 e. The normalized spacial score (nSPS) is 22.7. The van der Waals surface area contributed by atoms with Crippen molar-refractivity contribution in [3.8, 4) is 0 Å². The number of carboxylic acids is 1. The van der Waals surface area contributed by atoms with Gasteiger partial charge >= 0.3 is 5.97 Å². The second-order valence-corrected chi connectivity index (χ2v) is 7.80. The fourth-order valence-electron chi connectivity index (χ4n) is 3.01. The van der Waals surface area contributed by atoms with E-state index in [1.165, 1.54) is 5.56 Å². The SMILES string of the molecule is CC(C)(C)C1CCC=C(SCc2ccccc2)C1C(=O)O. The van der Waals surface area contributed by atoms with E-state index in [1.54, 1.807) is 11.8 Å². The maximum Gasteiger partial charge on any atom is 0.311 e. The lowest BCUT2D eigenvalue weighted by Gasteiger charge is -2.38. The number of carboxylic acid groups (broad SMARTS) is 1. The van der Waals surface area contributed by atoms with Crippen LogP contribution >= 0.6 is 11.8 Å². The second kappa shape index (κ2) is 6.69. The molecule has 2 rings (SSSR count). The number of hydrogen-bond donors (Lipinski definition) is 1. The van der Waals surface area contributed by atoms with Gasteiger partial charge in [0.25, 0.3) is 0 Å². The summed E-state index contributed by atoms with van der Waals surface area (Å²) < 4.78 is 0. The Morgan fingerprint density at radius 3 is 2.52 bits per heavy atom. The lowest BCUT2D eigenvalue weighted by atomic mass is 9.68. The summed E-state index contributed by atoms with van der Waals surface area (Å²) >= 11 is 1.69. The summed E-state index contributed by atoms with van der Waals surface area (Å²) in [6, 6.07) is 10.2. The number of rotatable bonds is 4. The molecule has 1 aromatic carbocycles. The Morgan fingerprint density at radius 2 is 1.95 bits per heavy atom. The molecule has 0 radical (unpaired) electrons. The number of aliphatic carboxylic acids is 1. The van der Waals surface area contributed by atoms with E-state index >= 15 is 0 Å². The molecule has 2 unspecified atom stereocenters. The van der Waals surface area contributed by atoms with E-state index in [4.69, 9.17) is 0 Å². The summed E-state index contributed by atoms with van der Waals surface area (Å²) in [5, 5.41) is 9.69. The third-order valence-electron chi connectivity index (χ3n) is 4.16. The molecule has 0 fully saturated rings. The van der Waals surface area contributed by atoms with Gasteiger partial charge in [-0.15, -0.1) is 11.8 Å². The number of allylic oxidation sites excluding steroid dienone is 1. The summed E-state index contributed by atoms with van der Waals surface area (Å²) in [7, 11) is 0. The predicted molar refractivity (Wildman–Crippen MR) is 89.1 cm³/mol. The molecule has 2 atom stereocenters. The Bertz CT molecular complexity index is 514. The van der Waals surface area contributed by atoms with Gasteiger partial charge < -0.3 is 5.11 Å². The van der Waals surface area contributed by atoms with Crippen molar-refractivity contribution in [1.82, 2.24) is 0 Å². The zero-order valence-electron chi connectivity index (χ0n) is 13.0. The van der Waals surface area contributed by atoms with Crippen molar-refractivity contribution >= 4 is 17.7 Å². The molecule has 3 heteroatoms. The molecule has 0 aromatic heterocycles. The van der Waals surface area contributed by atoms with Crippen molar-refractivity contribution < 1.29 is 9.90 Å². The van der Waals surface area contributed by atoms with Crippen molar-refractivity contribution in [2.24, 2.45) is 17.3 Å². The fourth-order valence-corrected chi connectivity index (χ4v) is 4.22. The lowest BCUT2D eigenvalue weighted by Crippen LogP contribution is -2.35. The van der Waals surface area contributed by atoms with Crippen LogP contribution in [0.3, 0.4) is 0 Å². The van der Waals surface area contributed by atoms with Gasteiger partial charge in [0, 0.05) is 5.75 Å². The summed E-state index contributed by atoms with van der Waals surface area (Å²) in [5.41, 5.74) is 1.26. The van der Waals surface area contributed by atoms with Crippen LogP contribution in [0.25, 0.3) is 0 Å². The molecule has 0 bridgehead atoms. The smallest absolute Gasteiger partial charge is 0.311 e. The van der Waals surface area contributed by atoms with Crippen molar-refractivity contribution in [1.29, 1.82) is 0 Å². The maximum atomic E-state index is 11.8. The first kappa shape index (κ1) is 16.2. The van der Waals surface area contributed by atoms with Crippen LogP contribution in [-0.4, -0.2) is 11.1 Å². The molecule has 0 aliphatic heterocycles. The highest BCUT2D eigenvalue weighted by Crippen LogP contribution is 2.46. The monoisotopic (exact) mass is 304 g/mol. The molecular formula is C18H24O2S. The molecule has 1 aliphatic carbocycles. The van der Waals surface area contributed by atoms with Crippen LogP contribution in [0.4, 0.5) is 0 Å². The lowest BCUT2D eigenvalue weighted by molar-refractivity contribution is -0.143. The minimum atomic E-state index is -0.679. The molecule has 1 aliphatic rings. The molecule has 0 saturated heterocycles. The van der Waals surface area contributed by atoms with Gasteiger partial charge in [-0.1, -0.05) is 57.2 Å². The van der Waals surface area contributed by atoms with Crippen LogP contribution in [0, 0.1) is 17.3 Å². The highest BCUT2D eigenvalue weighted by Gasteiger charge is 2.40. The van der Waals surface area contributed by atoms with E-state index in [2.05, 4.69) is 39.0 Å². The van der Waals surface area contributed by atoms with Crippen LogP contribution in [-0.2, 0) is 10.5 Å². The largest absolute Gasteiger partial charge is 0.481 e. The van der Waals surface area contributed by atoms with Crippen LogP contribution in [0.15, 0.2) is 41.3 Å². The first-order chi connectivity index (χ1) is 9.89. The number of thioether (sulfide) groups is 1. The Labute approximate surface area is 131 Å². The van der Waals surface area contributed by atoms with Gasteiger partial charge in [0.1, 0.15) is 0 Å². The van der Waals surface area contributed by atoms with Gasteiger partial charge in [-0.3, -0.25) is 4.79 Å². The van der Waals surface area contributed by atoms with E-state index in [0.29, 0.717) is 0 Å². The minimum absolute atomic E-state index is 0.0237. The quantitative estimate of drug-likeness (QED) is 0.854. The number of hydrogen-bond acceptors (Lipinski definition) is 2. The number of carbonyl (C=O) groups is 1. The average Bonchev–Trinajstić information content (AvgIpc) is 2.44. The first-order valence-corrected chi connectivity index (χ1v) is 8.47. The molecule has 0 amide bonds. The molecule has 0 spiro atoms. The molecule has 114 valence electrons. The predicted octanol–water partition coefficient (Wildman–Crippen LogP) is 4.96. The van der Waals surface area contributed by atoms with E-state index in [9.17, 15) is 9.90 Å². The standard InChI is InChI=1S/C18H24O2S/c1-18(2,3)14-10-7-11-15(16(14)17(19)20)21-12-13-8-5-4-6-9-13/h4-6,8-9,11,14,16H,7,10,12H2,1-3H3,(H,19,20). The topological polar surface area (TPSA) is 37.3 Å². The van der Waals surface area contributed by atoms with E-state index < -0.39 is 5.97 Å². The highest BCUT2D eigenvalue weighted by atomic mass is 32.2. The van der Waals surface area contributed by atoms with Gasteiger partial charge in [0.05, 0.1) is 5.92 Å². The second-order valence-electron chi connectivity index (χ2n) is 6.75. The zero-order valence-corrected chi connectivity index (χ0v) is 13.8. The van der Waals surface area contributed by atoms with Crippen LogP contribution in [0.5, 0.6) is 0 Å². The third-order valence-corrected chi connectivity index (χ3v) is 5.39. The molecule has 0 saturated carbocycles. The highest BCUT2D eigenvalue weighted by molar-refractivity contribution is 8.02. The van der Waals surface area contributed by atoms with Crippen molar-refractivity contribution in [2.45, 2.75) is 39.4 Å². The molecular weight excluding hydrogens is 280 g/mol. The molecule has 1 N–H and O–H groups in total. The van der Waals surface area contributed by atoms with Gasteiger partial charge in [0.15, 0.2) is 0 Å². The van der Waals surface area contributed by atoms with Gasteiger partial charge in [-0.2, -0.15) is 0 Å². The zero-order chi connectivity index (χ0) is 15.5. The van der Waals surface area contributed by atoms with Crippen molar-refractivity contribution in [3.63, 3.8) is 0 Å². The van der Waals surface area contributed by atoms with Crippen molar-refractivity contribution in [2.75, 3.05) is 0 Å². The molecule has 2 nitrogen and oxygen atoms in total. The Kier molecular flexibility index (Phi) is 5.15. The van der Waals surface area contributed by atoms with E-state index in [-0.39, 0.29) is 17.3 Å². The Hall–Kier alpha value is -1.22. The fraction of sp³-hybridized carbons (Fsp3) is 0.500. The first-order valence-electron chi connectivity index (χ1n) is 7.49. The average molecular weight is 304 g/mol. The van der Waals surface area contributed by atoms with E-state index in [1.807, 2.05) is 18.2 Å². The van der Waals surface area contributed by atoms with Gasteiger partial charge in [-0.25, -0.2) is 0 Å². The van der Waals surface area contributed by atoms with Gasteiger partial charge in [0.2, 0.25) is 0 Å². The molecule has 21 heavy (non-hydrogen) atoms. The summed E-state index contributed by atoms with van der Waals surface area (Å²) in [6.07, 6.45) is 4.09. The van der Waals surface area contributed by atoms with Crippen LogP contribution in [0.2, 0.25) is 0 Å². The summed E-state index contributed by atoms with van der Waals surface area (Å²) in [6.45, 7) is 6.45. The molecule has 1 aromatic rings. The van der Waals surface area contributed by atoms with Gasteiger partial charge in [-0.05, 0) is 34.6 Å². The van der Waals surface area contributed by atoms with Crippen molar-refractivity contribution in [3.05, 3.63) is 46.9 Å². The molecule has 0 heterocycles. The Balaban J connectivity index is 2.13. The maximum absolute atomic E-state index is 11.8. The van der Waals surface area contributed by atoms with Crippen LogP contribution in [0.1, 0.15) is 39.2 Å².